The molecule has 0 aliphatic heterocycles. The van der Waals surface area contributed by atoms with Crippen LogP contribution in [0.1, 0.15) is 13.8 Å². The number of hydrogen-bond acceptors (Lipinski definition) is 3. The Hall–Kier alpha value is -1.19. The maximum atomic E-state index is 10.5. The van der Waals surface area contributed by atoms with Crippen LogP contribution in [-0.4, -0.2) is 21.1 Å². The molecule has 4 heteroatoms. The molecule has 0 saturated heterocycles. The summed E-state index contributed by atoms with van der Waals surface area (Å²) in [4.78, 5) is 14.3. The van der Waals surface area contributed by atoms with Crippen molar-refractivity contribution in [3.8, 4) is 0 Å². The van der Waals surface area contributed by atoms with Crippen molar-refractivity contribution in [3.05, 3.63) is 12.7 Å². The highest BCUT2D eigenvalue weighted by atomic mass is 16.1. The fraction of sp³-hybridized carbons (Fsp3) is 0.571. The first-order chi connectivity index (χ1) is 5.14. The van der Waals surface area contributed by atoms with Gasteiger partial charge in [0, 0.05) is 5.41 Å². The molecule has 60 valence electrons. The van der Waals surface area contributed by atoms with Crippen molar-refractivity contribution in [3.63, 3.8) is 0 Å². The first-order valence-corrected chi connectivity index (χ1v) is 3.43. The van der Waals surface area contributed by atoms with Crippen LogP contribution in [0, 0.1) is 5.41 Å². The first-order valence-electron chi connectivity index (χ1n) is 3.43. The molecule has 1 aromatic heterocycles. The van der Waals surface area contributed by atoms with Crippen LogP contribution in [0.25, 0.3) is 0 Å². The maximum Gasteiger partial charge on any atom is 0.137 e. The van der Waals surface area contributed by atoms with Crippen LogP contribution in [0.15, 0.2) is 12.7 Å². The molecule has 0 bridgehead atoms. The van der Waals surface area contributed by atoms with Gasteiger partial charge in [-0.1, -0.05) is 13.8 Å². The molecular weight excluding hydrogens is 142 g/mol. The number of hydrogen-bond donors (Lipinski definition) is 0. The fourth-order valence-electron chi connectivity index (χ4n) is 0.769. The zero-order valence-corrected chi connectivity index (χ0v) is 6.69. The molecule has 0 saturated carbocycles. The molecule has 11 heavy (non-hydrogen) atoms. The van der Waals surface area contributed by atoms with E-state index in [9.17, 15) is 4.79 Å². The third-order valence-corrected chi connectivity index (χ3v) is 1.36. The van der Waals surface area contributed by atoms with E-state index in [0.717, 1.165) is 6.29 Å². The molecule has 0 atom stereocenters. The number of aldehydes is 1. The molecule has 0 radical (unpaired) electrons. The summed E-state index contributed by atoms with van der Waals surface area (Å²) < 4.78 is 1.65. The highest BCUT2D eigenvalue weighted by Gasteiger charge is 2.17. The van der Waals surface area contributed by atoms with Crippen molar-refractivity contribution in [2.24, 2.45) is 5.41 Å². The van der Waals surface area contributed by atoms with E-state index in [1.807, 2.05) is 13.8 Å². The normalized spacial score (nSPS) is 11.5. The lowest BCUT2D eigenvalue weighted by Gasteiger charge is -2.15. The Balaban J connectivity index is 2.63. The van der Waals surface area contributed by atoms with Gasteiger partial charge in [0.25, 0.3) is 0 Å². The summed E-state index contributed by atoms with van der Waals surface area (Å²) in [6.07, 6.45) is 3.99. The second kappa shape index (κ2) is 2.82. The predicted octanol–water partition coefficient (Wildman–Crippen LogP) is 0.503. The molecule has 0 amide bonds. The minimum absolute atomic E-state index is 0.353. The zero-order valence-electron chi connectivity index (χ0n) is 6.69. The van der Waals surface area contributed by atoms with E-state index in [-0.39, 0.29) is 5.41 Å². The van der Waals surface area contributed by atoms with Crippen LogP contribution in [0.2, 0.25) is 0 Å². The van der Waals surface area contributed by atoms with Gasteiger partial charge >= 0.3 is 0 Å². The van der Waals surface area contributed by atoms with Crippen LogP contribution < -0.4 is 0 Å². The lowest BCUT2D eigenvalue weighted by Crippen LogP contribution is -2.21. The average molecular weight is 153 g/mol. The quantitative estimate of drug-likeness (QED) is 0.594. The van der Waals surface area contributed by atoms with E-state index in [0.29, 0.717) is 6.54 Å². The third kappa shape index (κ3) is 2.14. The highest BCUT2D eigenvalue weighted by Crippen LogP contribution is 2.12. The predicted molar refractivity (Wildman–Crippen MR) is 39.9 cm³/mol. The van der Waals surface area contributed by atoms with Gasteiger partial charge in [0.15, 0.2) is 0 Å². The van der Waals surface area contributed by atoms with Gasteiger partial charge in [-0.15, -0.1) is 0 Å². The van der Waals surface area contributed by atoms with Crippen molar-refractivity contribution >= 4 is 6.29 Å². The van der Waals surface area contributed by atoms with Gasteiger partial charge in [0.1, 0.15) is 18.9 Å². The Morgan fingerprint density at radius 1 is 1.64 bits per heavy atom. The molecule has 1 aromatic rings. The maximum absolute atomic E-state index is 10.5. The second-order valence-electron chi connectivity index (χ2n) is 3.20. The van der Waals surface area contributed by atoms with E-state index in [4.69, 9.17) is 0 Å². The monoisotopic (exact) mass is 153 g/mol. The molecule has 0 aliphatic carbocycles. The van der Waals surface area contributed by atoms with Crippen LogP contribution in [-0.2, 0) is 11.3 Å². The van der Waals surface area contributed by atoms with Crippen molar-refractivity contribution in [2.45, 2.75) is 20.4 Å². The standard InChI is InChI=1S/C7H11N3O/c1-7(2,4-11)3-10-6-8-5-9-10/h4-6H,3H2,1-2H3. The smallest absolute Gasteiger partial charge is 0.137 e. The SMILES string of the molecule is CC(C)(C=O)Cn1cncn1. The first kappa shape index (κ1) is 7.91. The summed E-state index contributed by atoms with van der Waals surface area (Å²) in [7, 11) is 0. The van der Waals surface area contributed by atoms with Crippen LogP contribution in [0.5, 0.6) is 0 Å². The topological polar surface area (TPSA) is 47.8 Å². The molecule has 0 spiro atoms. The number of aromatic nitrogens is 3. The van der Waals surface area contributed by atoms with Crippen molar-refractivity contribution in [2.75, 3.05) is 0 Å². The Labute approximate surface area is 65.2 Å². The summed E-state index contributed by atoms with van der Waals surface area (Å²) >= 11 is 0. The molecule has 1 heterocycles. The Kier molecular flexibility index (Phi) is 2.03. The van der Waals surface area contributed by atoms with Crippen molar-refractivity contribution < 1.29 is 4.79 Å². The van der Waals surface area contributed by atoms with E-state index < -0.39 is 0 Å². The summed E-state index contributed by atoms with van der Waals surface area (Å²) in [5, 5.41) is 3.90. The van der Waals surface area contributed by atoms with Crippen molar-refractivity contribution in [1.82, 2.24) is 14.8 Å². The third-order valence-electron chi connectivity index (χ3n) is 1.36. The van der Waals surface area contributed by atoms with Gasteiger partial charge in [-0.3, -0.25) is 4.68 Å². The lowest BCUT2D eigenvalue weighted by molar-refractivity contribution is -0.115. The van der Waals surface area contributed by atoms with E-state index >= 15 is 0 Å². The molecular formula is C7H11N3O. The zero-order chi connectivity index (χ0) is 8.32. The van der Waals surface area contributed by atoms with Gasteiger partial charge in [-0.05, 0) is 0 Å². The minimum Gasteiger partial charge on any atom is -0.303 e. The van der Waals surface area contributed by atoms with E-state index in [1.54, 1.807) is 11.0 Å². The lowest BCUT2D eigenvalue weighted by atomic mass is 9.96. The highest BCUT2D eigenvalue weighted by molar-refractivity contribution is 5.57. The van der Waals surface area contributed by atoms with Crippen molar-refractivity contribution in [1.29, 1.82) is 0 Å². The Morgan fingerprint density at radius 3 is 2.82 bits per heavy atom. The fourth-order valence-corrected chi connectivity index (χ4v) is 0.769. The molecule has 0 N–H and O–H groups in total. The summed E-state index contributed by atoms with van der Waals surface area (Å²) in [6.45, 7) is 4.31. The number of rotatable bonds is 3. The van der Waals surface area contributed by atoms with Gasteiger partial charge in [0.05, 0.1) is 6.54 Å². The molecule has 0 aromatic carbocycles. The summed E-state index contributed by atoms with van der Waals surface area (Å²) in [5.74, 6) is 0. The Morgan fingerprint density at radius 2 is 2.36 bits per heavy atom. The molecule has 4 nitrogen and oxygen atoms in total. The van der Waals surface area contributed by atoms with Gasteiger partial charge in [-0.2, -0.15) is 5.10 Å². The number of carbonyl (C=O) groups excluding carboxylic acids is 1. The second-order valence-corrected chi connectivity index (χ2v) is 3.20. The van der Waals surface area contributed by atoms with Gasteiger partial charge in [-0.25, -0.2) is 4.98 Å². The van der Waals surface area contributed by atoms with E-state index in [1.165, 1.54) is 6.33 Å². The van der Waals surface area contributed by atoms with E-state index in [2.05, 4.69) is 10.1 Å². The molecule has 0 fully saturated rings. The summed E-state index contributed by atoms with van der Waals surface area (Å²) in [6, 6.07) is 0. The number of nitrogens with zero attached hydrogens (tertiary/aromatic N) is 3. The van der Waals surface area contributed by atoms with Crippen LogP contribution >= 0.6 is 0 Å². The molecule has 0 aliphatic rings. The molecule has 0 unspecified atom stereocenters. The van der Waals surface area contributed by atoms with Crippen LogP contribution in [0.3, 0.4) is 0 Å². The largest absolute Gasteiger partial charge is 0.303 e. The molecule has 1 rings (SSSR count). The minimum atomic E-state index is -0.353. The van der Waals surface area contributed by atoms with Gasteiger partial charge in [0.2, 0.25) is 0 Å². The Bertz CT molecular complexity index is 228. The number of carbonyl (C=O) groups is 1. The van der Waals surface area contributed by atoms with Crippen LogP contribution in [0.4, 0.5) is 0 Å². The summed E-state index contributed by atoms with van der Waals surface area (Å²) in [5.41, 5.74) is -0.353. The van der Waals surface area contributed by atoms with Gasteiger partial charge < -0.3 is 4.79 Å². The average Bonchev–Trinajstić information content (AvgIpc) is 2.39.